The number of amides is 1. The fourth-order valence-corrected chi connectivity index (χ4v) is 2.23. The van der Waals surface area contributed by atoms with E-state index in [2.05, 4.69) is 28.2 Å². The molecule has 1 aromatic carbocycles. The summed E-state index contributed by atoms with van der Waals surface area (Å²) in [6.45, 7) is 2.82. The first-order valence-corrected chi connectivity index (χ1v) is 7.28. The summed E-state index contributed by atoms with van der Waals surface area (Å²) < 4.78 is 5.63. The molecular weight excluding hydrogens is 294 g/mol. The number of carbonyl (C=O) groups is 1. The normalized spacial score (nSPS) is 18.9. The molecule has 1 N–H and O–H groups in total. The number of benzene rings is 1. The fourth-order valence-electron chi connectivity index (χ4n) is 2.00. The lowest BCUT2D eigenvalue weighted by atomic mass is 10.1. The van der Waals surface area contributed by atoms with Gasteiger partial charge in [-0.2, -0.15) is 0 Å². The summed E-state index contributed by atoms with van der Waals surface area (Å²) in [5, 5.41) is 2.93. The molecule has 1 aromatic rings. The van der Waals surface area contributed by atoms with Crippen LogP contribution in [-0.2, 0) is 11.2 Å². The molecule has 18 heavy (non-hydrogen) atoms. The molecule has 0 aliphatic carbocycles. The molecule has 1 aliphatic heterocycles. The van der Waals surface area contributed by atoms with Gasteiger partial charge >= 0.3 is 0 Å². The first-order valence-electron chi connectivity index (χ1n) is 6.37. The summed E-state index contributed by atoms with van der Waals surface area (Å²) in [6, 6.07) is 7.82. The van der Waals surface area contributed by atoms with Crippen molar-refractivity contribution in [2.45, 2.75) is 37.1 Å². The second-order valence-electron chi connectivity index (χ2n) is 4.50. The molecule has 4 heteroatoms. The standard InChI is InChI=1S/C14H18BrNO2/c1-2-11(15)7-8-16-14(17)13-9-10-5-3-4-6-12(10)18-13/h3-6,11,13H,2,7-9H2,1H3,(H,16,17). The Labute approximate surface area is 116 Å². The number of alkyl halides is 1. The number of ether oxygens (including phenoxy) is 1. The smallest absolute Gasteiger partial charge is 0.261 e. The molecule has 0 bridgehead atoms. The van der Waals surface area contributed by atoms with Crippen molar-refractivity contribution >= 4 is 21.8 Å². The average Bonchev–Trinajstić information content (AvgIpc) is 2.82. The van der Waals surface area contributed by atoms with Crippen molar-refractivity contribution in [2.24, 2.45) is 0 Å². The lowest BCUT2D eigenvalue weighted by Crippen LogP contribution is -2.38. The van der Waals surface area contributed by atoms with E-state index in [1.807, 2.05) is 24.3 Å². The zero-order valence-corrected chi connectivity index (χ0v) is 12.1. The van der Waals surface area contributed by atoms with Gasteiger partial charge in [-0.1, -0.05) is 41.1 Å². The maximum atomic E-state index is 11.9. The van der Waals surface area contributed by atoms with Crippen LogP contribution in [0.4, 0.5) is 0 Å². The number of carbonyl (C=O) groups excluding carboxylic acids is 1. The highest BCUT2D eigenvalue weighted by Crippen LogP contribution is 2.28. The minimum atomic E-state index is -0.363. The maximum Gasteiger partial charge on any atom is 0.261 e. The highest BCUT2D eigenvalue weighted by Gasteiger charge is 2.28. The number of fused-ring (bicyclic) bond motifs is 1. The highest BCUT2D eigenvalue weighted by atomic mass is 79.9. The lowest BCUT2D eigenvalue weighted by Gasteiger charge is -2.12. The van der Waals surface area contributed by atoms with Crippen molar-refractivity contribution in [1.82, 2.24) is 5.32 Å². The monoisotopic (exact) mass is 311 g/mol. The van der Waals surface area contributed by atoms with Gasteiger partial charge in [-0.3, -0.25) is 4.79 Å². The van der Waals surface area contributed by atoms with E-state index in [0.29, 0.717) is 17.8 Å². The predicted octanol–water partition coefficient (Wildman–Crippen LogP) is 2.67. The van der Waals surface area contributed by atoms with Crippen LogP contribution in [-0.4, -0.2) is 23.4 Å². The Morgan fingerprint density at radius 2 is 2.33 bits per heavy atom. The van der Waals surface area contributed by atoms with Gasteiger partial charge in [0.2, 0.25) is 0 Å². The van der Waals surface area contributed by atoms with E-state index in [-0.39, 0.29) is 12.0 Å². The Morgan fingerprint density at radius 1 is 1.56 bits per heavy atom. The summed E-state index contributed by atoms with van der Waals surface area (Å²) in [5.41, 5.74) is 1.12. The van der Waals surface area contributed by atoms with Crippen molar-refractivity contribution in [3.63, 3.8) is 0 Å². The lowest BCUT2D eigenvalue weighted by molar-refractivity contribution is -0.127. The van der Waals surface area contributed by atoms with Crippen LogP contribution in [0.1, 0.15) is 25.3 Å². The first kappa shape index (κ1) is 13.4. The molecule has 0 radical (unpaired) electrons. The molecule has 0 spiro atoms. The van der Waals surface area contributed by atoms with E-state index in [4.69, 9.17) is 4.74 Å². The zero-order valence-electron chi connectivity index (χ0n) is 10.5. The van der Waals surface area contributed by atoms with Gasteiger partial charge in [0, 0.05) is 17.8 Å². The molecule has 98 valence electrons. The van der Waals surface area contributed by atoms with E-state index in [1.165, 1.54) is 0 Å². The first-order chi connectivity index (χ1) is 8.70. The van der Waals surface area contributed by atoms with Crippen LogP contribution in [0.15, 0.2) is 24.3 Å². The number of para-hydroxylation sites is 1. The summed E-state index contributed by atoms with van der Waals surface area (Å²) >= 11 is 3.55. The Morgan fingerprint density at radius 3 is 3.06 bits per heavy atom. The summed E-state index contributed by atoms with van der Waals surface area (Å²) in [4.78, 5) is 12.4. The molecule has 1 aliphatic rings. The predicted molar refractivity (Wildman–Crippen MR) is 75.2 cm³/mol. The maximum absolute atomic E-state index is 11.9. The van der Waals surface area contributed by atoms with Gasteiger partial charge in [0.25, 0.3) is 5.91 Å². The number of hydrogen-bond acceptors (Lipinski definition) is 2. The van der Waals surface area contributed by atoms with Crippen LogP contribution in [0, 0.1) is 0 Å². The van der Waals surface area contributed by atoms with Gasteiger partial charge in [-0.25, -0.2) is 0 Å². The molecule has 2 atom stereocenters. The number of rotatable bonds is 5. The van der Waals surface area contributed by atoms with E-state index in [0.717, 1.165) is 24.2 Å². The molecule has 0 aromatic heterocycles. The quantitative estimate of drug-likeness (QED) is 0.849. The molecule has 0 saturated heterocycles. The summed E-state index contributed by atoms with van der Waals surface area (Å²) in [5.74, 6) is 0.826. The van der Waals surface area contributed by atoms with Crippen LogP contribution < -0.4 is 10.1 Å². The minimum Gasteiger partial charge on any atom is -0.480 e. The molecule has 0 fully saturated rings. The van der Waals surface area contributed by atoms with Gasteiger partial charge in [-0.05, 0) is 24.5 Å². The largest absolute Gasteiger partial charge is 0.480 e. The second kappa shape index (κ2) is 6.23. The third kappa shape index (κ3) is 3.25. The molecule has 0 saturated carbocycles. The van der Waals surface area contributed by atoms with Crippen LogP contribution in [0.3, 0.4) is 0 Å². The van der Waals surface area contributed by atoms with E-state index in [9.17, 15) is 4.79 Å². The number of hydrogen-bond donors (Lipinski definition) is 1. The van der Waals surface area contributed by atoms with Crippen molar-refractivity contribution < 1.29 is 9.53 Å². The van der Waals surface area contributed by atoms with Gasteiger partial charge in [0.15, 0.2) is 6.10 Å². The van der Waals surface area contributed by atoms with Crippen molar-refractivity contribution in [3.05, 3.63) is 29.8 Å². The zero-order chi connectivity index (χ0) is 13.0. The second-order valence-corrected chi connectivity index (χ2v) is 5.80. The summed E-state index contributed by atoms with van der Waals surface area (Å²) in [6.07, 6.45) is 2.33. The van der Waals surface area contributed by atoms with E-state index >= 15 is 0 Å². The Balaban J connectivity index is 1.79. The Kier molecular flexibility index (Phi) is 4.64. The van der Waals surface area contributed by atoms with Crippen molar-refractivity contribution in [3.8, 4) is 5.75 Å². The third-order valence-corrected chi connectivity index (χ3v) is 4.24. The van der Waals surface area contributed by atoms with E-state index < -0.39 is 0 Å². The van der Waals surface area contributed by atoms with Crippen LogP contribution in [0.25, 0.3) is 0 Å². The summed E-state index contributed by atoms with van der Waals surface area (Å²) in [7, 11) is 0. The van der Waals surface area contributed by atoms with Crippen molar-refractivity contribution in [2.75, 3.05) is 6.54 Å². The van der Waals surface area contributed by atoms with Gasteiger partial charge < -0.3 is 10.1 Å². The van der Waals surface area contributed by atoms with Crippen LogP contribution in [0.2, 0.25) is 0 Å². The highest BCUT2D eigenvalue weighted by molar-refractivity contribution is 9.09. The molecular formula is C14H18BrNO2. The Hall–Kier alpha value is -1.03. The SMILES string of the molecule is CCC(Br)CCNC(=O)C1Cc2ccccc2O1. The molecule has 1 amide bonds. The van der Waals surface area contributed by atoms with E-state index in [1.54, 1.807) is 0 Å². The van der Waals surface area contributed by atoms with Gasteiger partial charge in [-0.15, -0.1) is 0 Å². The topological polar surface area (TPSA) is 38.3 Å². The van der Waals surface area contributed by atoms with Crippen LogP contribution in [0.5, 0.6) is 5.75 Å². The Bertz CT molecular complexity index is 397. The minimum absolute atomic E-state index is 0.0120. The average molecular weight is 312 g/mol. The van der Waals surface area contributed by atoms with Gasteiger partial charge in [0.05, 0.1) is 0 Å². The number of halogens is 1. The van der Waals surface area contributed by atoms with Crippen molar-refractivity contribution in [1.29, 1.82) is 0 Å². The third-order valence-electron chi connectivity index (χ3n) is 3.14. The molecule has 2 unspecified atom stereocenters. The molecule has 1 heterocycles. The van der Waals surface area contributed by atoms with Crippen LogP contribution >= 0.6 is 15.9 Å². The van der Waals surface area contributed by atoms with Gasteiger partial charge in [0.1, 0.15) is 5.75 Å². The fraction of sp³-hybridized carbons (Fsp3) is 0.500. The number of nitrogens with one attached hydrogen (secondary N) is 1. The molecule has 2 rings (SSSR count). The molecule has 3 nitrogen and oxygen atoms in total.